The first-order valence-corrected chi connectivity index (χ1v) is 11.7. The van der Waals surface area contributed by atoms with Crippen molar-refractivity contribution in [2.24, 2.45) is 23.7 Å². The van der Waals surface area contributed by atoms with Crippen LogP contribution in [0.1, 0.15) is 5.56 Å². The number of hydrogen-bond donors (Lipinski definition) is 0. The molecule has 8 nitrogen and oxygen atoms in total. The molecule has 6 rings (SSSR count). The number of ether oxygens (including phenoxy) is 2. The van der Waals surface area contributed by atoms with Crippen molar-refractivity contribution >= 4 is 29.3 Å². The van der Waals surface area contributed by atoms with Crippen LogP contribution in [0.4, 0.5) is 5.69 Å². The van der Waals surface area contributed by atoms with Gasteiger partial charge in [-0.25, -0.2) is 0 Å². The summed E-state index contributed by atoms with van der Waals surface area (Å²) in [4.78, 5) is 52.9. The van der Waals surface area contributed by atoms with E-state index in [4.69, 9.17) is 9.47 Å². The third-order valence-corrected chi connectivity index (χ3v) is 7.18. The molecule has 4 atom stereocenters. The van der Waals surface area contributed by atoms with Gasteiger partial charge in [0.15, 0.2) is 0 Å². The van der Waals surface area contributed by atoms with Crippen molar-refractivity contribution in [1.29, 1.82) is 0 Å². The van der Waals surface area contributed by atoms with Gasteiger partial charge in [-0.3, -0.25) is 29.0 Å². The van der Waals surface area contributed by atoms with Gasteiger partial charge in [0, 0.05) is 13.1 Å². The molecular formula is C28H22N2O6. The van der Waals surface area contributed by atoms with Crippen molar-refractivity contribution in [3.8, 4) is 23.0 Å². The van der Waals surface area contributed by atoms with Crippen LogP contribution in [-0.2, 0) is 19.2 Å². The zero-order chi connectivity index (χ0) is 25.1. The van der Waals surface area contributed by atoms with Gasteiger partial charge in [-0.05, 0) is 55.5 Å². The Morgan fingerprint density at radius 2 is 1.03 bits per heavy atom. The molecule has 0 aromatic heterocycles. The second-order valence-electron chi connectivity index (χ2n) is 9.34. The zero-order valence-corrected chi connectivity index (χ0v) is 19.6. The monoisotopic (exact) mass is 482 g/mol. The van der Waals surface area contributed by atoms with E-state index in [2.05, 4.69) is 0 Å². The summed E-state index contributed by atoms with van der Waals surface area (Å²) in [6, 6.07) is 21.5. The Morgan fingerprint density at radius 3 is 1.53 bits per heavy atom. The van der Waals surface area contributed by atoms with Crippen molar-refractivity contribution in [2.45, 2.75) is 6.92 Å². The van der Waals surface area contributed by atoms with Gasteiger partial charge in [-0.15, -0.1) is 0 Å². The molecule has 0 bridgehead atoms. The summed E-state index contributed by atoms with van der Waals surface area (Å²) < 4.78 is 11.8. The fourth-order valence-corrected chi connectivity index (χ4v) is 5.34. The predicted octanol–water partition coefficient (Wildman–Crippen LogP) is 3.93. The summed E-state index contributed by atoms with van der Waals surface area (Å²) in [6.07, 6.45) is 0. The van der Waals surface area contributed by atoms with Crippen LogP contribution in [0.5, 0.6) is 23.0 Å². The largest absolute Gasteiger partial charge is 0.457 e. The minimum atomic E-state index is -0.768. The first-order chi connectivity index (χ1) is 17.3. The van der Waals surface area contributed by atoms with Crippen LogP contribution >= 0.6 is 0 Å². The molecule has 0 spiro atoms. The van der Waals surface area contributed by atoms with Gasteiger partial charge >= 0.3 is 0 Å². The van der Waals surface area contributed by atoms with Crippen molar-refractivity contribution in [3.05, 3.63) is 78.4 Å². The Morgan fingerprint density at radius 1 is 0.583 bits per heavy atom. The highest BCUT2D eigenvalue weighted by molar-refractivity contribution is 6.27. The summed E-state index contributed by atoms with van der Waals surface area (Å²) >= 11 is 0. The minimum Gasteiger partial charge on any atom is -0.457 e. The number of carbonyl (C=O) groups excluding carboxylic acids is 4. The maximum absolute atomic E-state index is 13.0. The van der Waals surface area contributed by atoms with E-state index in [0.29, 0.717) is 22.9 Å². The smallest absolute Gasteiger partial charge is 0.238 e. The molecule has 3 aromatic rings. The number of rotatable bonds is 5. The van der Waals surface area contributed by atoms with E-state index in [9.17, 15) is 19.2 Å². The Labute approximate surface area is 207 Å². The molecule has 2 saturated heterocycles. The van der Waals surface area contributed by atoms with Crippen LogP contribution < -0.4 is 14.4 Å². The maximum atomic E-state index is 13.0. The maximum Gasteiger partial charge on any atom is 0.238 e. The third kappa shape index (κ3) is 3.29. The second-order valence-corrected chi connectivity index (χ2v) is 9.34. The van der Waals surface area contributed by atoms with Crippen LogP contribution in [0, 0.1) is 30.6 Å². The number of hydrogen-bond acceptors (Lipinski definition) is 6. The van der Waals surface area contributed by atoms with E-state index in [-0.39, 0.29) is 11.8 Å². The lowest BCUT2D eigenvalue weighted by Gasteiger charge is -2.36. The number of imide groups is 2. The molecular weight excluding hydrogens is 460 g/mol. The number of amides is 4. The minimum absolute atomic E-state index is 0.383. The van der Waals surface area contributed by atoms with Gasteiger partial charge in [-0.2, -0.15) is 0 Å². The number of benzene rings is 3. The van der Waals surface area contributed by atoms with Crippen molar-refractivity contribution in [2.75, 3.05) is 11.9 Å². The number of anilines is 1. The highest BCUT2D eigenvalue weighted by Crippen LogP contribution is 2.56. The quantitative estimate of drug-likeness (QED) is 0.512. The highest BCUT2D eigenvalue weighted by atomic mass is 16.5. The van der Waals surface area contributed by atoms with Crippen LogP contribution in [0.15, 0.2) is 72.8 Å². The van der Waals surface area contributed by atoms with E-state index in [1.165, 1.54) is 7.05 Å². The molecule has 1 saturated carbocycles. The summed E-state index contributed by atoms with van der Waals surface area (Å²) in [5.74, 6) is -2.21. The molecule has 3 aromatic carbocycles. The third-order valence-electron chi connectivity index (χ3n) is 7.18. The van der Waals surface area contributed by atoms with Crippen LogP contribution in [0.3, 0.4) is 0 Å². The highest BCUT2D eigenvalue weighted by Gasteiger charge is 2.73. The molecule has 3 aliphatic rings. The molecule has 36 heavy (non-hydrogen) atoms. The molecule has 4 unspecified atom stereocenters. The zero-order valence-electron chi connectivity index (χ0n) is 19.6. The summed E-state index contributed by atoms with van der Waals surface area (Å²) in [5, 5.41) is 0. The molecule has 2 aliphatic heterocycles. The van der Waals surface area contributed by atoms with Gasteiger partial charge in [0.2, 0.25) is 23.6 Å². The lowest BCUT2D eigenvalue weighted by Crippen LogP contribution is -2.50. The Kier molecular flexibility index (Phi) is 4.93. The fraction of sp³-hybridized carbons (Fsp3) is 0.214. The summed E-state index contributed by atoms with van der Waals surface area (Å²) in [6.45, 7) is 2.01. The summed E-state index contributed by atoms with van der Waals surface area (Å²) in [5.41, 5.74) is 1.53. The van der Waals surface area contributed by atoms with Gasteiger partial charge in [0.05, 0.1) is 29.4 Å². The fourth-order valence-electron chi connectivity index (χ4n) is 5.34. The Hall–Kier alpha value is -4.46. The first kappa shape index (κ1) is 22.0. The lowest BCUT2D eigenvalue weighted by atomic mass is 9.59. The Balaban J connectivity index is 1.16. The lowest BCUT2D eigenvalue weighted by molar-refractivity contribution is -0.146. The van der Waals surface area contributed by atoms with E-state index >= 15 is 0 Å². The van der Waals surface area contributed by atoms with E-state index in [0.717, 1.165) is 21.1 Å². The second kappa shape index (κ2) is 8.05. The van der Waals surface area contributed by atoms with Crippen molar-refractivity contribution < 1.29 is 28.7 Å². The first-order valence-electron chi connectivity index (χ1n) is 11.7. The van der Waals surface area contributed by atoms with Crippen molar-refractivity contribution in [3.63, 3.8) is 0 Å². The number of carbonyl (C=O) groups is 4. The van der Waals surface area contributed by atoms with E-state index in [1.54, 1.807) is 36.4 Å². The number of nitrogens with zero attached hydrogens (tertiary/aromatic N) is 2. The standard InChI is InChI=1S/C28H22N2O6/c1-15-6-10-17(11-7-15)35-19-4-3-5-20(14-19)36-18-12-8-16(9-13-18)30-27(33)23-21-22(24(23)28(30)34)26(32)29(2)25(21)31/h3-14,21-24H,1-2H3. The molecule has 0 N–H and O–H groups in total. The molecule has 180 valence electrons. The van der Waals surface area contributed by atoms with Gasteiger partial charge in [0.1, 0.15) is 23.0 Å². The molecule has 0 radical (unpaired) electrons. The molecule has 1 aliphatic carbocycles. The normalized spacial score (nSPS) is 24.5. The molecule has 4 amide bonds. The predicted molar refractivity (Wildman–Crippen MR) is 128 cm³/mol. The Bertz CT molecular complexity index is 1370. The van der Waals surface area contributed by atoms with Gasteiger partial charge < -0.3 is 9.47 Å². The molecule has 3 fully saturated rings. The van der Waals surface area contributed by atoms with Crippen molar-refractivity contribution in [1.82, 2.24) is 4.90 Å². The number of aryl methyl sites for hydroxylation is 1. The number of fused-ring (bicyclic) bond motifs is 4. The molecule has 8 heteroatoms. The van der Waals surface area contributed by atoms with Crippen LogP contribution in [0.2, 0.25) is 0 Å². The SMILES string of the molecule is Cc1ccc(Oc2cccc(Oc3ccc(N4C(=O)C5C6C(=O)N(C)C(=O)C6C5C4=O)cc3)c2)cc1. The average Bonchev–Trinajstić information content (AvgIpc) is 3.16. The van der Waals surface area contributed by atoms with Crippen LogP contribution in [0.25, 0.3) is 0 Å². The van der Waals surface area contributed by atoms with Crippen LogP contribution in [-0.4, -0.2) is 35.6 Å². The summed E-state index contributed by atoms with van der Waals surface area (Å²) in [7, 11) is 1.40. The topological polar surface area (TPSA) is 93.2 Å². The average molecular weight is 482 g/mol. The van der Waals surface area contributed by atoms with E-state index < -0.39 is 35.5 Å². The van der Waals surface area contributed by atoms with E-state index in [1.807, 2.05) is 43.3 Å². The van der Waals surface area contributed by atoms with Gasteiger partial charge in [0.25, 0.3) is 0 Å². The number of likely N-dealkylation sites (tertiary alicyclic amines) is 1. The van der Waals surface area contributed by atoms with Gasteiger partial charge in [-0.1, -0.05) is 23.8 Å². The molecule has 2 heterocycles.